The van der Waals surface area contributed by atoms with Gasteiger partial charge in [-0.05, 0) is 43.4 Å². The summed E-state index contributed by atoms with van der Waals surface area (Å²) >= 11 is 0. The van der Waals surface area contributed by atoms with Crippen LogP contribution in [0.15, 0.2) is 36.4 Å². The van der Waals surface area contributed by atoms with Crippen molar-refractivity contribution in [2.24, 2.45) is 0 Å². The van der Waals surface area contributed by atoms with Crippen LogP contribution in [-0.4, -0.2) is 28.1 Å². The van der Waals surface area contributed by atoms with E-state index in [0.717, 1.165) is 18.4 Å². The van der Waals surface area contributed by atoms with Crippen LogP contribution in [0.1, 0.15) is 63.9 Å². The summed E-state index contributed by atoms with van der Waals surface area (Å²) in [6, 6.07) is 5.36. The first-order valence-corrected chi connectivity index (χ1v) is 9.48. The Morgan fingerprint density at radius 3 is 2.31 bits per heavy atom. The number of allylic oxidation sites excluding steroid dienone is 2. The third-order valence-electron chi connectivity index (χ3n) is 4.18. The molecule has 0 saturated carbocycles. The summed E-state index contributed by atoms with van der Waals surface area (Å²) in [5, 5.41) is 21.1. The first-order chi connectivity index (χ1) is 12.5. The highest BCUT2D eigenvalue weighted by atomic mass is 16.4. The van der Waals surface area contributed by atoms with Crippen molar-refractivity contribution in [1.29, 1.82) is 0 Å². The molecule has 0 heterocycles. The summed E-state index contributed by atoms with van der Waals surface area (Å²) in [5.41, 5.74) is 0.751. The molecule has 0 aliphatic rings. The molecular weight excluding hydrogens is 330 g/mol. The summed E-state index contributed by atoms with van der Waals surface area (Å²) in [5.74, 6) is -1.17. The van der Waals surface area contributed by atoms with Crippen LogP contribution in [-0.2, 0) is 16.0 Å². The molecule has 144 valence electrons. The van der Waals surface area contributed by atoms with Gasteiger partial charge < -0.3 is 15.5 Å². The molecule has 1 rings (SSSR count). The Kier molecular flexibility index (Phi) is 10.9. The number of carboxylic acid groups (broad SMARTS) is 1. The van der Waals surface area contributed by atoms with Gasteiger partial charge >= 0.3 is 5.97 Å². The molecule has 0 saturated heterocycles. The molecule has 1 atom stereocenters. The second kappa shape index (κ2) is 13.0. The molecule has 5 nitrogen and oxygen atoms in total. The topological polar surface area (TPSA) is 86.6 Å². The Labute approximate surface area is 156 Å². The lowest BCUT2D eigenvalue weighted by molar-refractivity contribution is -0.141. The molecule has 0 fully saturated rings. The quantitative estimate of drug-likeness (QED) is 0.363. The average molecular weight is 361 g/mol. The average Bonchev–Trinajstić information content (AvgIpc) is 2.61. The van der Waals surface area contributed by atoms with Crippen LogP contribution in [0.25, 0.3) is 0 Å². The minimum absolute atomic E-state index is 0.128. The third kappa shape index (κ3) is 9.87. The number of aromatic hydroxyl groups is 1. The zero-order valence-corrected chi connectivity index (χ0v) is 15.6. The summed E-state index contributed by atoms with van der Waals surface area (Å²) in [6.45, 7) is 2.19. The van der Waals surface area contributed by atoms with E-state index in [2.05, 4.69) is 24.4 Å². The number of amides is 1. The van der Waals surface area contributed by atoms with Crippen LogP contribution in [0, 0.1) is 0 Å². The molecule has 0 unspecified atom stereocenters. The van der Waals surface area contributed by atoms with Gasteiger partial charge in [0.25, 0.3) is 0 Å². The standard InChI is InChI=1S/C21H31NO4/c1-2-3-4-5-6-7-8-9-10-11-20(24)22-19(21(25)26)16-17-12-14-18(23)15-13-17/h7-8,12-15,19,23H,2-6,9-11,16H2,1H3,(H,22,24)(H,25,26)/t19-/m0/s1. The highest BCUT2D eigenvalue weighted by Gasteiger charge is 2.20. The smallest absolute Gasteiger partial charge is 0.326 e. The van der Waals surface area contributed by atoms with E-state index in [1.807, 2.05) is 0 Å². The van der Waals surface area contributed by atoms with Crippen molar-refractivity contribution in [3.8, 4) is 5.75 Å². The Bertz CT molecular complexity index is 566. The molecule has 0 radical (unpaired) electrons. The van der Waals surface area contributed by atoms with Crippen LogP contribution in [0.4, 0.5) is 0 Å². The van der Waals surface area contributed by atoms with E-state index in [-0.39, 0.29) is 18.1 Å². The fourth-order valence-corrected chi connectivity index (χ4v) is 2.64. The Hall–Kier alpha value is -2.30. The molecule has 1 amide bonds. The second-order valence-corrected chi connectivity index (χ2v) is 6.54. The number of aliphatic carboxylic acids is 1. The van der Waals surface area contributed by atoms with Gasteiger partial charge in [-0.3, -0.25) is 4.79 Å². The highest BCUT2D eigenvalue weighted by Crippen LogP contribution is 2.12. The molecule has 0 aliphatic carbocycles. The molecule has 0 aromatic heterocycles. The zero-order valence-electron chi connectivity index (χ0n) is 15.6. The van der Waals surface area contributed by atoms with E-state index in [4.69, 9.17) is 0 Å². The molecule has 3 N–H and O–H groups in total. The van der Waals surface area contributed by atoms with Gasteiger partial charge in [-0.25, -0.2) is 4.79 Å². The number of phenolic OH excluding ortho intramolecular Hbond substituents is 1. The fraction of sp³-hybridized carbons (Fsp3) is 0.524. The predicted octanol–water partition coefficient (Wildman–Crippen LogP) is 4.20. The maximum atomic E-state index is 12.0. The number of hydrogen-bond acceptors (Lipinski definition) is 3. The maximum Gasteiger partial charge on any atom is 0.326 e. The number of carbonyl (C=O) groups excluding carboxylic acids is 1. The molecule has 0 spiro atoms. The van der Waals surface area contributed by atoms with Gasteiger partial charge in [0.2, 0.25) is 5.91 Å². The number of nitrogens with one attached hydrogen (secondary N) is 1. The van der Waals surface area contributed by atoms with Crippen LogP contribution >= 0.6 is 0 Å². The molecule has 0 bridgehead atoms. The van der Waals surface area contributed by atoms with Crippen LogP contribution in [0.3, 0.4) is 0 Å². The lowest BCUT2D eigenvalue weighted by Crippen LogP contribution is -2.42. The van der Waals surface area contributed by atoms with E-state index in [1.54, 1.807) is 12.1 Å². The molecule has 1 aromatic carbocycles. The number of unbranched alkanes of at least 4 members (excludes halogenated alkanes) is 5. The van der Waals surface area contributed by atoms with E-state index in [1.165, 1.54) is 37.8 Å². The zero-order chi connectivity index (χ0) is 19.2. The monoisotopic (exact) mass is 361 g/mol. The predicted molar refractivity (Wildman–Crippen MR) is 103 cm³/mol. The van der Waals surface area contributed by atoms with Crippen molar-refractivity contribution in [3.05, 3.63) is 42.0 Å². The number of carboxylic acids is 1. The van der Waals surface area contributed by atoms with Gasteiger partial charge in [0, 0.05) is 12.8 Å². The minimum Gasteiger partial charge on any atom is -0.508 e. The number of phenols is 1. The van der Waals surface area contributed by atoms with Gasteiger partial charge in [0.1, 0.15) is 11.8 Å². The SMILES string of the molecule is CCCCCCC=CCCCC(=O)N[C@@H](Cc1ccc(O)cc1)C(=O)O. The number of hydrogen-bond donors (Lipinski definition) is 3. The molecule has 0 aliphatic heterocycles. The van der Waals surface area contributed by atoms with Crippen molar-refractivity contribution in [1.82, 2.24) is 5.32 Å². The Morgan fingerprint density at radius 1 is 1.04 bits per heavy atom. The van der Waals surface area contributed by atoms with Crippen molar-refractivity contribution in [2.45, 2.75) is 70.8 Å². The molecule has 26 heavy (non-hydrogen) atoms. The number of rotatable bonds is 13. The Morgan fingerprint density at radius 2 is 1.69 bits per heavy atom. The summed E-state index contributed by atoms with van der Waals surface area (Å²) < 4.78 is 0. The summed E-state index contributed by atoms with van der Waals surface area (Å²) in [4.78, 5) is 23.3. The summed E-state index contributed by atoms with van der Waals surface area (Å²) in [7, 11) is 0. The lowest BCUT2D eigenvalue weighted by Gasteiger charge is -2.14. The van der Waals surface area contributed by atoms with Crippen LogP contribution in [0.5, 0.6) is 5.75 Å². The highest BCUT2D eigenvalue weighted by molar-refractivity contribution is 5.83. The normalized spacial score (nSPS) is 12.2. The van der Waals surface area contributed by atoms with Crippen molar-refractivity contribution in [3.63, 3.8) is 0 Å². The van der Waals surface area contributed by atoms with Gasteiger partial charge in [0.15, 0.2) is 0 Å². The van der Waals surface area contributed by atoms with Crippen LogP contribution in [0.2, 0.25) is 0 Å². The molecule has 5 heteroatoms. The largest absolute Gasteiger partial charge is 0.508 e. The Balaban J connectivity index is 2.27. The van der Waals surface area contributed by atoms with Gasteiger partial charge in [-0.1, -0.05) is 50.5 Å². The first kappa shape index (κ1) is 21.7. The second-order valence-electron chi connectivity index (χ2n) is 6.54. The number of benzene rings is 1. The van der Waals surface area contributed by atoms with Crippen molar-refractivity contribution >= 4 is 11.9 Å². The molecule has 1 aromatic rings. The lowest BCUT2D eigenvalue weighted by atomic mass is 10.1. The third-order valence-corrected chi connectivity index (χ3v) is 4.18. The maximum absolute atomic E-state index is 12.0. The van der Waals surface area contributed by atoms with Crippen molar-refractivity contribution < 1.29 is 19.8 Å². The van der Waals surface area contributed by atoms with Crippen molar-refractivity contribution in [2.75, 3.05) is 0 Å². The minimum atomic E-state index is -1.06. The van der Waals surface area contributed by atoms with E-state index < -0.39 is 12.0 Å². The van der Waals surface area contributed by atoms with Crippen LogP contribution < -0.4 is 5.32 Å². The van der Waals surface area contributed by atoms with E-state index >= 15 is 0 Å². The number of carbonyl (C=O) groups is 2. The molecular formula is C21H31NO4. The van der Waals surface area contributed by atoms with Gasteiger partial charge in [-0.2, -0.15) is 0 Å². The first-order valence-electron chi connectivity index (χ1n) is 9.48. The van der Waals surface area contributed by atoms with E-state index in [9.17, 15) is 19.8 Å². The van der Waals surface area contributed by atoms with Gasteiger partial charge in [0.05, 0.1) is 0 Å². The fourth-order valence-electron chi connectivity index (χ4n) is 2.64. The van der Waals surface area contributed by atoms with E-state index in [0.29, 0.717) is 12.8 Å². The summed E-state index contributed by atoms with van der Waals surface area (Å²) in [6.07, 6.45) is 12.4. The van der Waals surface area contributed by atoms with Gasteiger partial charge in [-0.15, -0.1) is 0 Å².